The van der Waals surface area contributed by atoms with Gasteiger partial charge >= 0.3 is 7.12 Å². The number of rotatable bonds is 11. The topological polar surface area (TPSA) is 104 Å². The van der Waals surface area contributed by atoms with Crippen molar-refractivity contribution < 1.29 is 19.6 Å². The molecule has 2 atom stereocenters. The van der Waals surface area contributed by atoms with Crippen LogP contribution in [0.3, 0.4) is 0 Å². The molecule has 0 bridgehead atoms. The van der Waals surface area contributed by atoms with Crippen LogP contribution in [0, 0.1) is 0 Å². The molecule has 0 saturated heterocycles. The van der Waals surface area contributed by atoms with E-state index >= 15 is 0 Å². The van der Waals surface area contributed by atoms with E-state index in [4.69, 9.17) is 0 Å². The van der Waals surface area contributed by atoms with Crippen molar-refractivity contribution in [2.24, 2.45) is 0 Å². The number of carbonyl (C=O) groups excluding carboxylic acids is 2. The molecule has 3 rings (SSSR count). The molecule has 0 aliphatic carbocycles. The van der Waals surface area contributed by atoms with Crippen LogP contribution in [0.25, 0.3) is 0 Å². The Morgan fingerprint density at radius 2 is 1.44 bits per heavy atom. The summed E-state index contributed by atoms with van der Waals surface area (Å²) in [7, 11) is -1.72. The van der Waals surface area contributed by atoms with Crippen molar-refractivity contribution in [3.8, 4) is 0 Å². The molecule has 4 N–H and O–H groups in total. The molecule has 0 saturated carbocycles. The van der Waals surface area contributed by atoms with Gasteiger partial charge in [0.2, 0.25) is 11.8 Å². The van der Waals surface area contributed by atoms with Gasteiger partial charge in [0, 0.05) is 18.8 Å². The average molecular weight is 461 g/mol. The molecule has 2 amide bonds. The number of hydrogen-bond donors (Lipinski definition) is 4. The molecular weight excluding hydrogens is 429 g/mol. The number of benzene rings is 2. The lowest BCUT2D eigenvalue weighted by Crippen LogP contribution is -2.57. The Kier molecular flexibility index (Phi) is 8.68. The van der Waals surface area contributed by atoms with E-state index in [2.05, 4.69) is 10.6 Å². The minimum Gasteiger partial charge on any atom is -0.426 e. The van der Waals surface area contributed by atoms with Gasteiger partial charge < -0.3 is 25.2 Å². The van der Waals surface area contributed by atoms with Crippen molar-refractivity contribution in [2.75, 3.05) is 0 Å². The maximum absolute atomic E-state index is 13.3. The van der Waals surface area contributed by atoms with Crippen molar-refractivity contribution in [1.29, 1.82) is 0 Å². The lowest BCUT2D eigenvalue weighted by atomic mass is 9.76. The molecule has 1 aromatic heterocycles. The van der Waals surface area contributed by atoms with Gasteiger partial charge in [-0.2, -0.15) is 0 Å². The number of carbonyl (C=O) groups is 2. The number of nitrogens with zero attached hydrogens (tertiary/aromatic N) is 1. The maximum Gasteiger partial charge on any atom is 0.475 e. The molecule has 3 aromatic rings. The van der Waals surface area contributed by atoms with E-state index in [0.717, 1.165) is 11.1 Å². The van der Waals surface area contributed by atoms with Gasteiger partial charge in [0.15, 0.2) is 0 Å². The van der Waals surface area contributed by atoms with E-state index in [0.29, 0.717) is 12.8 Å². The third-order valence-electron chi connectivity index (χ3n) is 5.98. The van der Waals surface area contributed by atoms with Crippen LogP contribution < -0.4 is 10.6 Å². The summed E-state index contributed by atoms with van der Waals surface area (Å²) >= 11 is 0. The molecule has 0 radical (unpaired) electrons. The van der Waals surface area contributed by atoms with Gasteiger partial charge in [-0.15, -0.1) is 0 Å². The molecule has 0 spiro atoms. The second kappa shape index (κ2) is 11.7. The highest BCUT2D eigenvalue weighted by molar-refractivity contribution is 6.43. The molecule has 1 heterocycles. The standard InChI is InChI=1S/C26H32BN3O4/c1-26(2,30-17-9-10-18-30)25(32)28-22(19-21-13-7-4-8-14-21)24(31)29-23(27(33)34)16-15-20-11-5-3-6-12-20/h3-14,17-18,22-23,33-34H,15-16,19H2,1-2H3,(H,28,32)(H,29,31)/t22-,23-/m0/s1. The van der Waals surface area contributed by atoms with Gasteiger partial charge in [-0.05, 0) is 49.9 Å². The minimum absolute atomic E-state index is 0.271. The smallest absolute Gasteiger partial charge is 0.426 e. The van der Waals surface area contributed by atoms with Gasteiger partial charge in [-0.25, -0.2) is 0 Å². The first kappa shape index (κ1) is 25.3. The first-order valence-corrected chi connectivity index (χ1v) is 11.5. The third kappa shape index (κ3) is 6.82. The van der Waals surface area contributed by atoms with Crippen LogP contribution in [0.15, 0.2) is 85.2 Å². The van der Waals surface area contributed by atoms with Crippen molar-refractivity contribution >= 4 is 18.9 Å². The van der Waals surface area contributed by atoms with Crippen LogP contribution in [0.4, 0.5) is 0 Å². The molecule has 2 aromatic carbocycles. The largest absolute Gasteiger partial charge is 0.475 e. The molecule has 0 aliphatic rings. The van der Waals surface area contributed by atoms with Crippen LogP contribution >= 0.6 is 0 Å². The highest BCUT2D eigenvalue weighted by Gasteiger charge is 2.34. The molecule has 34 heavy (non-hydrogen) atoms. The fourth-order valence-electron chi connectivity index (χ4n) is 3.76. The predicted molar refractivity (Wildman–Crippen MR) is 133 cm³/mol. The van der Waals surface area contributed by atoms with Crippen LogP contribution in [-0.2, 0) is 28.0 Å². The Bertz CT molecular complexity index is 1040. The van der Waals surface area contributed by atoms with Crippen LogP contribution in [-0.4, -0.2) is 45.5 Å². The van der Waals surface area contributed by atoms with E-state index in [9.17, 15) is 19.6 Å². The fourth-order valence-corrected chi connectivity index (χ4v) is 3.76. The summed E-state index contributed by atoms with van der Waals surface area (Å²) in [6.45, 7) is 3.56. The van der Waals surface area contributed by atoms with Crippen molar-refractivity contribution in [1.82, 2.24) is 15.2 Å². The zero-order valence-electron chi connectivity index (χ0n) is 19.6. The first-order valence-electron chi connectivity index (χ1n) is 11.5. The summed E-state index contributed by atoms with van der Waals surface area (Å²) in [4.78, 5) is 26.5. The zero-order chi connectivity index (χ0) is 24.6. The summed E-state index contributed by atoms with van der Waals surface area (Å²) < 4.78 is 1.78. The predicted octanol–water partition coefficient (Wildman–Crippen LogP) is 2.08. The number of aryl methyl sites for hydroxylation is 1. The summed E-state index contributed by atoms with van der Waals surface area (Å²) in [5.41, 5.74) is 0.999. The third-order valence-corrected chi connectivity index (χ3v) is 5.98. The number of nitrogens with one attached hydrogen (secondary N) is 2. The molecule has 8 heteroatoms. The summed E-state index contributed by atoms with van der Waals surface area (Å²) in [6, 6.07) is 21.8. The molecular formula is C26H32BN3O4. The van der Waals surface area contributed by atoms with Gasteiger partial charge in [-0.1, -0.05) is 60.7 Å². The molecule has 0 aliphatic heterocycles. The lowest BCUT2D eigenvalue weighted by molar-refractivity contribution is -0.133. The Hall–Kier alpha value is -3.36. The zero-order valence-corrected chi connectivity index (χ0v) is 19.6. The van der Waals surface area contributed by atoms with Crippen LogP contribution in [0.5, 0.6) is 0 Å². The Morgan fingerprint density at radius 3 is 2.00 bits per heavy atom. The molecule has 0 fully saturated rings. The summed E-state index contributed by atoms with van der Waals surface area (Å²) in [6.07, 6.45) is 4.78. The molecule has 178 valence electrons. The summed E-state index contributed by atoms with van der Waals surface area (Å²) in [5.74, 6) is -1.66. The highest BCUT2D eigenvalue weighted by atomic mass is 16.4. The van der Waals surface area contributed by atoms with E-state index < -0.39 is 30.5 Å². The highest BCUT2D eigenvalue weighted by Crippen LogP contribution is 2.16. The van der Waals surface area contributed by atoms with Crippen LogP contribution in [0.2, 0.25) is 0 Å². The van der Waals surface area contributed by atoms with Crippen molar-refractivity contribution in [3.05, 3.63) is 96.3 Å². The number of hydrogen-bond acceptors (Lipinski definition) is 4. The second-order valence-corrected chi connectivity index (χ2v) is 8.92. The van der Waals surface area contributed by atoms with Crippen molar-refractivity contribution in [2.45, 2.75) is 50.6 Å². The minimum atomic E-state index is -1.72. The Morgan fingerprint density at radius 1 is 0.882 bits per heavy atom. The Balaban J connectivity index is 1.74. The van der Waals surface area contributed by atoms with E-state index in [1.54, 1.807) is 30.8 Å². The molecule has 7 nitrogen and oxygen atoms in total. The number of aromatic nitrogens is 1. The van der Waals surface area contributed by atoms with Gasteiger partial charge in [0.1, 0.15) is 11.6 Å². The van der Waals surface area contributed by atoms with Gasteiger partial charge in [0.25, 0.3) is 0 Å². The van der Waals surface area contributed by atoms with E-state index in [-0.39, 0.29) is 12.3 Å². The normalized spacial score (nSPS) is 13.1. The quantitative estimate of drug-likeness (QED) is 0.329. The van der Waals surface area contributed by atoms with E-state index in [1.807, 2.05) is 72.8 Å². The monoisotopic (exact) mass is 461 g/mol. The van der Waals surface area contributed by atoms with Gasteiger partial charge in [-0.3, -0.25) is 9.59 Å². The average Bonchev–Trinajstić information content (AvgIpc) is 3.38. The van der Waals surface area contributed by atoms with Crippen molar-refractivity contribution in [3.63, 3.8) is 0 Å². The SMILES string of the molecule is CC(C)(C(=O)N[C@@H](Cc1ccccc1)C(=O)N[C@@H](CCc1ccccc1)B(O)O)n1cccc1. The lowest BCUT2D eigenvalue weighted by Gasteiger charge is -2.29. The maximum atomic E-state index is 13.3. The fraction of sp³-hybridized carbons (Fsp3) is 0.308. The second-order valence-electron chi connectivity index (χ2n) is 8.92. The summed E-state index contributed by atoms with van der Waals surface area (Å²) in [5, 5.41) is 25.4. The van der Waals surface area contributed by atoms with Crippen LogP contribution in [0.1, 0.15) is 31.4 Å². The number of amides is 2. The first-order chi connectivity index (χ1) is 16.3. The molecule has 0 unspecified atom stereocenters. The Labute approximate surface area is 201 Å². The van der Waals surface area contributed by atoms with E-state index in [1.165, 1.54) is 0 Å². The van der Waals surface area contributed by atoms with Gasteiger partial charge in [0.05, 0.1) is 5.94 Å².